The summed E-state index contributed by atoms with van der Waals surface area (Å²) in [5, 5.41) is 6.47. The fraction of sp³-hybridized carbons (Fsp3) is 0.360. The first kappa shape index (κ1) is 21.0. The molecule has 2 aliphatic heterocycles. The van der Waals surface area contributed by atoms with Crippen molar-refractivity contribution in [2.75, 3.05) is 36.4 Å². The summed E-state index contributed by atoms with van der Waals surface area (Å²) in [6.07, 6.45) is 6.34. The van der Waals surface area contributed by atoms with E-state index in [2.05, 4.69) is 35.1 Å². The Morgan fingerprint density at radius 1 is 1.00 bits per heavy atom. The van der Waals surface area contributed by atoms with Crippen LogP contribution in [-0.4, -0.2) is 50.7 Å². The van der Waals surface area contributed by atoms with Crippen LogP contribution in [0.5, 0.6) is 0 Å². The molecule has 0 radical (unpaired) electrons. The monoisotopic (exact) mass is 458 g/mol. The van der Waals surface area contributed by atoms with Crippen LogP contribution in [-0.2, 0) is 13.0 Å². The highest BCUT2D eigenvalue weighted by atomic mass is 19.1. The molecule has 1 fully saturated rings. The predicted octanol–water partition coefficient (Wildman–Crippen LogP) is 3.83. The molecule has 8 nitrogen and oxygen atoms in total. The third kappa shape index (κ3) is 3.86. The first-order chi connectivity index (χ1) is 16.7. The average molecular weight is 459 g/mol. The summed E-state index contributed by atoms with van der Waals surface area (Å²) in [6.45, 7) is 6.83. The summed E-state index contributed by atoms with van der Waals surface area (Å²) >= 11 is 0. The molecule has 2 aliphatic rings. The first-order valence-corrected chi connectivity index (χ1v) is 11.9. The molecule has 0 aliphatic carbocycles. The zero-order valence-electron chi connectivity index (χ0n) is 19.2. The number of nitrogens with zero attached hydrogens (tertiary/aromatic N) is 6. The van der Waals surface area contributed by atoms with E-state index in [-0.39, 0.29) is 5.69 Å². The van der Waals surface area contributed by atoms with Crippen molar-refractivity contribution in [1.82, 2.24) is 29.8 Å². The molecule has 0 unspecified atom stereocenters. The summed E-state index contributed by atoms with van der Waals surface area (Å²) in [4.78, 5) is 20.3. The Kier molecular flexibility index (Phi) is 5.33. The van der Waals surface area contributed by atoms with E-state index in [9.17, 15) is 4.39 Å². The van der Waals surface area contributed by atoms with Crippen molar-refractivity contribution in [2.45, 2.75) is 32.7 Å². The van der Waals surface area contributed by atoms with Crippen molar-refractivity contribution < 1.29 is 4.39 Å². The average Bonchev–Trinajstić information content (AvgIpc) is 3.26. The molecule has 9 heteroatoms. The molecule has 0 saturated carbocycles. The van der Waals surface area contributed by atoms with Gasteiger partial charge < -0.3 is 20.1 Å². The molecule has 174 valence electrons. The van der Waals surface area contributed by atoms with Gasteiger partial charge in [0.25, 0.3) is 0 Å². The number of anilines is 3. The first-order valence-electron chi connectivity index (χ1n) is 11.9. The summed E-state index contributed by atoms with van der Waals surface area (Å²) in [5.41, 5.74) is 5.13. The van der Waals surface area contributed by atoms with Crippen LogP contribution in [0.3, 0.4) is 0 Å². The number of aryl methyl sites for hydroxylation is 3. The number of imidazole rings is 1. The van der Waals surface area contributed by atoms with Gasteiger partial charge in [-0.2, -0.15) is 0 Å². The molecule has 0 atom stereocenters. The fourth-order valence-corrected chi connectivity index (χ4v) is 4.89. The Balaban J connectivity index is 1.29. The molecule has 4 aromatic rings. The van der Waals surface area contributed by atoms with E-state index in [1.165, 1.54) is 6.20 Å². The topological polar surface area (TPSA) is 83.8 Å². The second-order valence-corrected chi connectivity index (χ2v) is 8.95. The largest absolute Gasteiger partial charge is 0.368 e. The fourth-order valence-electron chi connectivity index (χ4n) is 4.89. The number of fused-ring (bicyclic) bond motifs is 3. The lowest BCUT2D eigenvalue weighted by molar-refractivity contribution is 0.533. The summed E-state index contributed by atoms with van der Waals surface area (Å²) in [5.74, 6) is 1.59. The van der Waals surface area contributed by atoms with Crippen LogP contribution in [0.4, 0.5) is 21.8 Å². The SMILES string of the molecule is Cc1cc(-c2nc(Nc3ccc(N4CCNCC4)cn3)ncc2F)cc2c1nc1n2CCCC1. The smallest absolute Gasteiger partial charge is 0.229 e. The zero-order valence-corrected chi connectivity index (χ0v) is 19.2. The van der Waals surface area contributed by atoms with Gasteiger partial charge in [-0.1, -0.05) is 0 Å². The Bertz CT molecular complexity index is 1340. The molecule has 3 aromatic heterocycles. The van der Waals surface area contributed by atoms with Gasteiger partial charge in [0, 0.05) is 44.7 Å². The number of aromatic nitrogens is 5. The molecule has 34 heavy (non-hydrogen) atoms. The van der Waals surface area contributed by atoms with E-state index in [1.807, 2.05) is 37.4 Å². The predicted molar refractivity (Wildman–Crippen MR) is 131 cm³/mol. The van der Waals surface area contributed by atoms with Crippen molar-refractivity contribution in [3.8, 4) is 11.3 Å². The highest BCUT2D eigenvalue weighted by Crippen LogP contribution is 2.31. The minimum Gasteiger partial charge on any atom is -0.368 e. The van der Waals surface area contributed by atoms with E-state index in [4.69, 9.17) is 4.98 Å². The van der Waals surface area contributed by atoms with E-state index in [0.717, 1.165) is 85.7 Å². The Labute approximate surface area is 197 Å². The molecular weight excluding hydrogens is 431 g/mol. The van der Waals surface area contributed by atoms with Crippen LogP contribution < -0.4 is 15.5 Å². The number of piperazine rings is 1. The van der Waals surface area contributed by atoms with Crippen LogP contribution in [0, 0.1) is 12.7 Å². The van der Waals surface area contributed by atoms with Gasteiger partial charge in [-0.15, -0.1) is 0 Å². The molecule has 6 rings (SSSR count). The third-order valence-electron chi connectivity index (χ3n) is 6.64. The number of nitrogens with one attached hydrogen (secondary N) is 2. The summed E-state index contributed by atoms with van der Waals surface area (Å²) in [6, 6.07) is 7.89. The van der Waals surface area contributed by atoms with Gasteiger partial charge in [0.2, 0.25) is 5.95 Å². The maximum absolute atomic E-state index is 14.8. The van der Waals surface area contributed by atoms with Crippen LogP contribution >= 0.6 is 0 Å². The van der Waals surface area contributed by atoms with E-state index in [1.54, 1.807) is 0 Å². The van der Waals surface area contributed by atoms with E-state index >= 15 is 0 Å². The van der Waals surface area contributed by atoms with Crippen LogP contribution in [0.15, 0.2) is 36.7 Å². The number of halogens is 1. The van der Waals surface area contributed by atoms with Crippen LogP contribution in [0.25, 0.3) is 22.3 Å². The van der Waals surface area contributed by atoms with Crippen molar-refractivity contribution in [3.05, 3.63) is 53.9 Å². The van der Waals surface area contributed by atoms with E-state index in [0.29, 0.717) is 11.8 Å². The zero-order chi connectivity index (χ0) is 23.1. The second kappa shape index (κ2) is 8.64. The van der Waals surface area contributed by atoms with Crippen LogP contribution in [0.1, 0.15) is 24.2 Å². The van der Waals surface area contributed by atoms with Gasteiger partial charge in [0.1, 0.15) is 17.3 Å². The lowest BCUT2D eigenvalue weighted by Gasteiger charge is -2.29. The Morgan fingerprint density at radius 2 is 1.88 bits per heavy atom. The summed E-state index contributed by atoms with van der Waals surface area (Å²) < 4.78 is 17.1. The van der Waals surface area contributed by atoms with Crippen molar-refractivity contribution in [3.63, 3.8) is 0 Å². The third-order valence-corrected chi connectivity index (χ3v) is 6.64. The summed E-state index contributed by atoms with van der Waals surface area (Å²) in [7, 11) is 0. The van der Waals surface area contributed by atoms with Crippen molar-refractivity contribution in [2.24, 2.45) is 0 Å². The maximum Gasteiger partial charge on any atom is 0.229 e. The minimum atomic E-state index is -0.454. The van der Waals surface area contributed by atoms with Gasteiger partial charge in [0.05, 0.1) is 29.1 Å². The van der Waals surface area contributed by atoms with Gasteiger partial charge >= 0.3 is 0 Å². The number of rotatable bonds is 4. The van der Waals surface area contributed by atoms with Crippen molar-refractivity contribution >= 4 is 28.5 Å². The normalized spacial score (nSPS) is 16.0. The standard InChI is InChI=1S/C25H27FN8/c1-16-12-17(13-20-23(16)31-22-4-2-3-9-34(20)22)24-19(26)15-29-25(32-24)30-21-6-5-18(14-28-21)33-10-7-27-8-11-33/h5-6,12-15,27H,2-4,7-11H2,1H3,(H,28,29,30,32). The molecule has 0 amide bonds. The number of benzene rings is 1. The molecule has 1 aromatic carbocycles. The molecule has 1 saturated heterocycles. The van der Waals surface area contributed by atoms with Crippen molar-refractivity contribution in [1.29, 1.82) is 0 Å². The molecule has 2 N–H and O–H groups in total. The highest BCUT2D eigenvalue weighted by Gasteiger charge is 2.19. The molecule has 0 spiro atoms. The van der Waals surface area contributed by atoms with Gasteiger partial charge in [0.15, 0.2) is 5.82 Å². The maximum atomic E-state index is 14.8. The number of hydrogen-bond donors (Lipinski definition) is 2. The highest BCUT2D eigenvalue weighted by molar-refractivity contribution is 5.85. The Hall–Kier alpha value is -3.59. The number of pyridine rings is 1. The number of hydrogen-bond acceptors (Lipinski definition) is 7. The minimum absolute atomic E-state index is 0.270. The molecule has 5 heterocycles. The van der Waals surface area contributed by atoms with Crippen LogP contribution in [0.2, 0.25) is 0 Å². The van der Waals surface area contributed by atoms with Gasteiger partial charge in [-0.05, 0) is 49.6 Å². The molecule has 0 bridgehead atoms. The lowest BCUT2D eigenvalue weighted by atomic mass is 10.1. The second-order valence-electron chi connectivity index (χ2n) is 8.95. The quantitative estimate of drug-likeness (QED) is 0.481. The Morgan fingerprint density at radius 3 is 2.71 bits per heavy atom. The lowest BCUT2D eigenvalue weighted by Crippen LogP contribution is -2.43. The van der Waals surface area contributed by atoms with E-state index < -0.39 is 5.82 Å². The van der Waals surface area contributed by atoms with Gasteiger partial charge in [-0.25, -0.2) is 24.3 Å². The molecular formula is C25H27FN8. The van der Waals surface area contributed by atoms with Gasteiger partial charge in [-0.3, -0.25) is 0 Å².